The molecule has 2 amide bonds. The third-order valence-corrected chi connectivity index (χ3v) is 5.39. The molecule has 2 N–H and O–H groups in total. The zero-order valence-electron chi connectivity index (χ0n) is 18.4. The summed E-state index contributed by atoms with van der Waals surface area (Å²) in [7, 11) is 0. The number of halogens is 1. The molecule has 1 aromatic heterocycles. The van der Waals surface area contributed by atoms with Crippen LogP contribution in [0, 0.1) is 19.7 Å². The van der Waals surface area contributed by atoms with Gasteiger partial charge < -0.3 is 4.74 Å². The summed E-state index contributed by atoms with van der Waals surface area (Å²) in [6.45, 7) is 4.13. The van der Waals surface area contributed by atoms with Crippen LogP contribution in [0.25, 0.3) is 0 Å². The lowest BCUT2D eigenvalue weighted by atomic mass is 10.1. The first kappa shape index (κ1) is 24.2. The van der Waals surface area contributed by atoms with E-state index < -0.39 is 5.91 Å². The number of nitrogens with zero attached hydrogens (tertiary/aromatic N) is 2. The molecule has 33 heavy (non-hydrogen) atoms. The highest BCUT2D eigenvalue weighted by atomic mass is 32.2. The van der Waals surface area contributed by atoms with Crippen molar-refractivity contribution in [1.29, 1.82) is 0 Å². The lowest BCUT2D eigenvalue weighted by molar-refractivity contribution is -0.122. The molecular formula is C24H25FN4O3S. The van der Waals surface area contributed by atoms with E-state index in [1.165, 1.54) is 23.9 Å². The number of hydrogen-bond donors (Lipinski definition) is 2. The van der Waals surface area contributed by atoms with E-state index in [1.54, 1.807) is 24.3 Å². The number of aromatic nitrogens is 2. The summed E-state index contributed by atoms with van der Waals surface area (Å²) < 4.78 is 18.5. The Kier molecular flexibility index (Phi) is 8.77. The molecule has 0 bridgehead atoms. The van der Waals surface area contributed by atoms with Gasteiger partial charge in [-0.05, 0) is 56.2 Å². The van der Waals surface area contributed by atoms with Crippen molar-refractivity contribution < 1.29 is 18.7 Å². The quantitative estimate of drug-likeness (QED) is 0.212. The predicted molar refractivity (Wildman–Crippen MR) is 124 cm³/mol. The summed E-state index contributed by atoms with van der Waals surface area (Å²) in [4.78, 5) is 33.0. The van der Waals surface area contributed by atoms with E-state index in [4.69, 9.17) is 4.74 Å². The summed E-state index contributed by atoms with van der Waals surface area (Å²) in [5, 5.41) is 0.721. The van der Waals surface area contributed by atoms with E-state index >= 15 is 0 Å². The number of thioether (sulfide) groups is 1. The molecule has 0 unspecified atom stereocenters. The van der Waals surface area contributed by atoms with Crippen molar-refractivity contribution in [2.45, 2.75) is 37.6 Å². The van der Waals surface area contributed by atoms with Crippen LogP contribution in [0.4, 0.5) is 4.39 Å². The van der Waals surface area contributed by atoms with Gasteiger partial charge in [-0.15, -0.1) is 0 Å². The van der Waals surface area contributed by atoms with E-state index in [1.807, 2.05) is 32.0 Å². The number of amides is 2. The van der Waals surface area contributed by atoms with Crippen LogP contribution in [-0.2, 0) is 10.5 Å². The van der Waals surface area contributed by atoms with Gasteiger partial charge in [0.15, 0.2) is 5.16 Å². The van der Waals surface area contributed by atoms with E-state index in [0.29, 0.717) is 23.5 Å². The third-order valence-electron chi connectivity index (χ3n) is 4.47. The molecule has 0 aliphatic carbocycles. The molecule has 0 saturated heterocycles. The number of carbonyl (C=O) groups excluding carboxylic acids is 2. The molecule has 0 atom stereocenters. The second kappa shape index (κ2) is 12.0. The third kappa shape index (κ3) is 8.19. The number of rotatable bonds is 9. The predicted octanol–water partition coefficient (Wildman–Crippen LogP) is 4.15. The largest absolute Gasteiger partial charge is 0.493 e. The van der Waals surface area contributed by atoms with Crippen molar-refractivity contribution in [2.75, 3.05) is 6.61 Å². The number of aryl methyl sites for hydroxylation is 2. The minimum absolute atomic E-state index is 0.159. The molecule has 0 spiro atoms. The molecule has 3 rings (SSSR count). The molecule has 7 nitrogen and oxygen atoms in total. The Bertz CT molecular complexity index is 1090. The van der Waals surface area contributed by atoms with Gasteiger partial charge in [-0.2, -0.15) is 0 Å². The maximum absolute atomic E-state index is 13.1. The molecule has 9 heteroatoms. The van der Waals surface area contributed by atoms with Gasteiger partial charge in [0.2, 0.25) is 5.91 Å². The lowest BCUT2D eigenvalue weighted by Crippen LogP contribution is -2.41. The summed E-state index contributed by atoms with van der Waals surface area (Å²) in [6, 6.07) is 14.9. The first-order valence-electron chi connectivity index (χ1n) is 10.4. The van der Waals surface area contributed by atoms with Crippen LogP contribution < -0.4 is 15.6 Å². The van der Waals surface area contributed by atoms with E-state index in [-0.39, 0.29) is 24.8 Å². The van der Waals surface area contributed by atoms with Gasteiger partial charge in [0, 0.05) is 35.2 Å². The monoisotopic (exact) mass is 468 g/mol. The minimum atomic E-state index is -0.406. The topological polar surface area (TPSA) is 93.2 Å². The fourth-order valence-electron chi connectivity index (χ4n) is 2.90. The average Bonchev–Trinajstić information content (AvgIpc) is 2.79. The summed E-state index contributed by atoms with van der Waals surface area (Å²) in [6.07, 6.45) is 0.584. The molecule has 0 saturated carbocycles. The molecule has 1 heterocycles. The highest BCUT2D eigenvalue weighted by molar-refractivity contribution is 7.98. The Morgan fingerprint density at radius 1 is 1.00 bits per heavy atom. The van der Waals surface area contributed by atoms with Crippen LogP contribution in [0.3, 0.4) is 0 Å². The fourth-order valence-corrected chi connectivity index (χ4v) is 3.80. The number of benzene rings is 2. The van der Waals surface area contributed by atoms with Gasteiger partial charge in [-0.25, -0.2) is 14.4 Å². The highest BCUT2D eigenvalue weighted by Crippen LogP contribution is 2.20. The van der Waals surface area contributed by atoms with Gasteiger partial charge in [-0.1, -0.05) is 30.0 Å². The molecule has 0 fully saturated rings. The van der Waals surface area contributed by atoms with Crippen molar-refractivity contribution in [1.82, 2.24) is 20.8 Å². The molecule has 0 aliphatic rings. The van der Waals surface area contributed by atoms with Crippen LogP contribution in [-0.4, -0.2) is 28.4 Å². The molecule has 3 aromatic rings. The molecular weight excluding hydrogens is 443 g/mol. The van der Waals surface area contributed by atoms with Crippen LogP contribution in [0.1, 0.15) is 40.2 Å². The maximum atomic E-state index is 13.1. The number of carbonyl (C=O) groups is 2. The summed E-state index contributed by atoms with van der Waals surface area (Å²) in [5.41, 5.74) is 8.10. The van der Waals surface area contributed by atoms with Crippen LogP contribution in [0.5, 0.6) is 5.75 Å². The zero-order valence-corrected chi connectivity index (χ0v) is 19.2. The van der Waals surface area contributed by atoms with Gasteiger partial charge in [-0.3, -0.25) is 20.4 Å². The second-order valence-electron chi connectivity index (χ2n) is 7.33. The van der Waals surface area contributed by atoms with Crippen molar-refractivity contribution in [3.8, 4) is 5.75 Å². The van der Waals surface area contributed by atoms with Crippen molar-refractivity contribution in [3.63, 3.8) is 0 Å². The Morgan fingerprint density at radius 3 is 2.42 bits per heavy atom. The number of hydrogen-bond acceptors (Lipinski definition) is 6. The molecule has 172 valence electrons. The first-order valence-corrected chi connectivity index (χ1v) is 11.4. The maximum Gasteiger partial charge on any atom is 0.269 e. The normalized spacial score (nSPS) is 10.5. The Labute approximate surface area is 196 Å². The smallest absolute Gasteiger partial charge is 0.269 e. The number of hydrazine groups is 1. The van der Waals surface area contributed by atoms with Crippen LogP contribution >= 0.6 is 11.8 Å². The van der Waals surface area contributed by atoms with Crippen molar-refractivity contribution >= 4 is 23.6 Å². The summed E-state index contributed by atoms with van der Waals surface area (Å²) >= 11 is 1.53. The van der Waals surface area contributed by atoms with Gasteiger partial charge in [0.05, 0.1) is 6.61 Å². The first-order chi connectivity index (χ1) is 15.9. The van der Waals surface area contributed by atoms with Crippen LogP contribution in [0.15, 0.2) is 59.8 Å². The average molecular weight is 469 g/mol. The van der Waals surface area contributed by atoms with Gasteiger partial charge in [0.25, 0.3) is 5.91 Å². The Hall–Kier alpha value is -3.46. The minimum Gasteiger partial charge on any atom is -0.493 e. The SMILES string of the molecule is Cc1cc(C)nc(SCc2ccc(C(=O)NNC(=O)CCCOc3cccc(F)c3)cc2)n1. The van der Waals surface area contributed by atoms with Gasteiger partial charge >= 0.3 is 0 Å². The number of ether oxygens (including phenoxy) is 1. The summed E-state index contributed by atoms with van der Waals surface area (Å²) in [5.74, 6) is -0.0368. The van der Waals surface area contributed by atoms with E-state index in [0.717, 1.165) is 22.1 Å². The highest BCUT2D eigenvalue weighted by Gasteiger charge is 2.08. The van der Waals surface area contributed by atoms with Crippen molar-refractivity contribution in [3.05, 3.63) is 82.9 Å². The Balaban J connectivity index is 1.36. The molecule has 0 aliphatic heterocycles. The number of nitrogens with one attached hydrogen (secondary N) is 2. The molecule has 0 radical (unpaired) electrons. The lowest BCUT2D eigenvalue weighted by Gasteiger charge is -2.09. The fraction of sp³-hybridized carbons (Fsp3) is 0.250. The zero-order chi connectivity index (χ0) is 23.6. The van der Waals surface area contributed by atoms with Gasteiger partial charge in [0.1, 0.15) is 11.6 Å². The second-order valence-corrected chi connectivity index (χ2v) is 8.27. The standard InChI is InChI=1S/C24H25FN4O3S/c1-16-13-17(2)27-24(26-16)33-15-18-8-10-19(11-9-18)23(31)29-28-22(30)7-4-12-32-21-6-3-5-20(25)14-21/h3,5-6,8-11,13-14H,4,7,12,15H2,1-2H3,(H,28,30)(H,29,31). The van der Waals surface area contributed by atoms with E-state index in [9.17, 15) is 14.0 Å². The van der Waals surface area contributed by atoms with Crippen LogP contribution in [0.2, 0.25) is 0 Å². The van der Waals surface area contributed by atoms with Crippen molar-refractivity contribution in [2.24, 2.45) is 0 Å². The Morgan fingerprint density at radius 2 is 1.73 bits per heavy atom. The van der Waals surface area contributed by atoms with E-state index in [2.05, 4.69) is 20.8 Å². The molecule has 2 aromatic carbocycles.